The summed E-state index contributed by atoms with van der Waals surface area (Å²) in [7, 11) is 1.58. The van der Waals surface area contributed by atoms with Crippen molar-refractivity contribution in [2.24, 2.45) is 11.8 Å². The Kier molecular flexibility index (Phi) is 5.72. The molecule has 0 bridgehead atoms. The number of benzene rings is 1. The van der Waals surface area contributed by atoms with E-state index < -0.39 is 33.3 Å². The number of amides is 2. The van der Waals surface area contributed by atoms with Crippen molar-refractivity contribution in [2.75, 3.05) is 38.3 Å². The number of nitrogens with zero attached hydrogens (tertiary/aromatic N) is 2. The summed E-state index contributed by atoms with van der Waals surface area (Å²) in [6.45, 7) is 2.62. The second-order valence-electron chi connectivity index (χ2n) is 9.19. The molecule has 9 heteroatoms. The van der Waals surface area contributed by atoms with Crippen LogP contribution in [0.4, 0.5) is 5.69 Å². The van der Waals surface area contributed by atoms with Gasteiger partial charge in [0.05, 0.1) is 23.7 Å². The number of aliphatic hydroxyl groups excluding tert-OH is 1. The lowest BCUT2D eigenvalue weighted by Crippen LogP contribution is -2.53. The van der Waals surface area contributed by atoms with Gasteiger partial charge in [0.1, 0.15) is 18.4 Å². The number of esters is 1. The maximum atomic E-state index is 14.1. The van der Waals surface area contributed by atoms with Crippen molar-refractivity contribution in [1.82, 2.24) is 4.90 Å². The monoisotopic (exact) mass is 484 g/mol. The van der Waals surface area contributed by atoms with Crippen LogP contribution >= 0.6 is 11.8 Å². The molecule has 2 amide bonds. The van der Waals surface area contributed by atoms with Gasteiger partial charge in [-0.1, -0.05) is 18.2 Å². The largest absolute Gasteiger partial charge is 0.497 e. The fourth-order valence-corrected chi connectivity index (χ4v) is 7.98. The van der Waals surface area contributed by atoms with E-state index in [9.17, 15) is 19.5 Å². The van der Waals surface area contributed by atoms with Crippen LogP contribution in [-0.2, 0) is 19.1 Å². The standard InChI is InChI=1S/C25H28N2O6S/c1-24-10-4-15-33-23(31)19(24)18-21(29)27(13-5-14-28)20-22(30)26(12-3-11-25(18,20)34-24)16-6-8-17(32-2)9-7-16/h3-4,6-11,18-20,28H,5,12-15H2,1-2H3/t18-,19-,20?,24+,25-/m0/s1. The quantitative estimate of drug-likeness (QED) is 0.503. The second-order valence-corrected chi connectivity index (χ2v) is 11.0. The molecule has 5 rings (SSSR count). The van der Waals surface area contributed by atoms with Gasteiger partial charge >= 0.3 is 5.97 Å². The molecule has 4 aliphatic rings. The number of cyclic esters (lactones) is 1. The van der Waals surface area contributed by atoms with Gasteiger partial charge in [-0.05, 0) is 43.7 Å². The zero-order chi connectivity index (χ0) is 24.1. The fraction of sp³-hybridized carbons (Fsp3) is 0.480. The summed E-state index contributed by atoms with van der Waals surface area (Å²) in [5, 5.41) is 9.47. The molecule has 8 nitrogen and oxygen atoms in total. The zero-order valence-electron chi connectivity index (χ0n) is 19.2. The van der Waals surface area contributed by atoms with Gasteiger partial charge in [0.2, 0.25) is 5.91 Å². The smallest absolute Gasteiger partial charge is 0.311 e. The number of thioether (sulfide) groups is 1. The minimum Gasteiger partial charge on any atom is -0.497 e. The predicted molar refractivity (Wildman–Crippen MR) is 127 cm³/mol. The highest BCUT2D eigenvalue weighted by atomic mass is 32.2. The molecular weight excluding hydrogens is 456 g/mol. The molecule has 2 saturated heterocycles. The number of hydrogen-bond acceptors (Lipinski definition) is 7. The summed E-state index contributed by atoms with van der Waals surface area (Å²) in [5.74, 6) is -1.58. The number of carbonyl (C=O) groups excluding carboxylic acids is 3. The minimum atomic E-state index is -0.912. The molecule has 5 atom stereocenters. The van der Waals surface area contributed by atoms with Crippen LogP contribution in [0.15, 0.2) is 48.6 Å². The third-order valence-corrected chi connectivity index (χ3v) is 9.05. The van der Waals surface area contributed by atoms with Crippen molar-refractivity contribution in [1.29, 1.82) is 0 Å². The van der Waals surface area contributed by atoms with Crippen molar-refractivity contribution in [3.05, 3.63) is 48.6 Å². The van der Waals surface area contributed by atoms with Crippen molar-refractivity contribution in [2.45, 2.75) is 28.9 Å². The Morgan fingerprint density at radius 3 is 2.59 bits per heavy atom. The number of likely N-dealkylation sites (tertiary alicyclic amines) is 1. The van der Waals surface area contributed by atoms with E-state index in [0.29, 0.717) is 24.4 Å². The van der Waals surface area contributed by atoms with Crippen LogP contribution in [-0.4, -0.2) is 76.7 Å². The summed E-state index contributed by atoms with van der Waals surface area (Å²) < 4.78 is 9.08. The topological polar surface area (TPSA) is 96.4 Å². The lowest BCUT2D eigenvalue weighted by molar-refractivity contribution is -0.152. The van der Waals surface area contributed by atoms with E-state index in [1.54, 1.807) is 29.0 Å². The molecule has 1 spiro atoms. The summed E-state index contributed by atoms with van der Waals surface area (Å²) in [5.41, 5.74) is 0.702. The predicted octanol–water partition coefficient (Wildman–Crippen LogP) is 1.78. The van der Waals surface area contributed by atoms with Crippen LogP contribution in [0.3, 0.4) is 0 Å². The first-order valence-electron chi connectivity index (χ1n) is 11.5. The first-order chi connectivity index (χ1) is 16.4. The highest BCUT2D eigenvalue weighted by Gasteiger charge is 2.74. The molecule has 1 aromatic carbocycles. The average molecular weight is 485 g/mol. The minimum absolute atomic E-state index is 0.0978. The summed E-state index contributed by atoms with van der Waals surface area (Å²) >= 11 is 1.51. The maximum absolute atomic E-state index is 14.1. The van der Waals surface area contributed by atoms with Gasteiger partial charge in [0.15, 0.2) is 0 Å². The Hall–Kier alpha value is -2.78. The van der Waals surface area contributed by atoms with Gasteiger partial charge < -0.3 is 24.4 Å². The highest BCUT2D eigenvalue weighted by Crippen LogP contribution is 2.65. The average Bonchev–Trinajstić information content (AvgIpc) is 3.08. The first kappa shape index (κ1) is 23.0. The number of hydrogen-bond donors (Lipinski definition) is 1. The van der Waals surface area contributed by atoms with E-state index in [-0.39, 0.29) is 31.6 Å². The Bertz CT molecular complexity index is 1070. The van der Waals surface area contributed by atoms with Crippen LogP contribution in [0, 0.1) is 11.8 Å². The van der Waals surface area contributed by atoms with Gasteiger partial charge in [-0.3, -0.25) is 14.4 Å². The number of carbonyl (C=O) groups is 3. The molecule has 0 saturated carbocycles. The SMILES string of the molecule is COc1ccc(N2CC=C[C@]34S[C@]5(C)C=CCOC(=O)[C@@H]5[C@H]3C(=O)N(CCCO)C4C2=O)cc1. The molecular formula is C25H28N2O6S. The summed E-state index contributed by atoms with van der Waals surface area (Å²) in [6, 6.07) is 6.43. The third-order valence-electron chi connectivity index (χ3n) is 7.25. The first-order valence-corrected chi connectivity index (χ1v) is 12.3. The molecule has 1 unspecified atom stereocenters. The van der Waals surface area contributed by atoms with Crippen molar-refractivity contribution in [3.63, 3.8) is 0 Å². The second kappa shape index (κ2) is 8.46. The summed E-state index contributed by atoms with van der Waals surface area (Å²) in [6.07, 6.45) is 8.01. The molecule has 2 fully saturated rings. The molecule has 1 N–H and O–H groups in total. The van der Waals surface area contributed by atoms with Crippen molar-refractivity contribution in [3.8, 4) is 5.75 Å². The Morgan fingerprint density at radius 2 is 1.88 bits per heavy atom. The highest BCUT2D eigenvalue weighted by molar-refractivity contribution is 8.02. The van der Waals surface area contributed by atoms with Gasteiger partial charge in [-0.25, -0.2) is 0 Å². The normalized spacial score (nSPS) is 34.3. The number of methoxy groups -OCH3 is 1. The molecule has 0 radical (unpaired) electrons. The van der Waals surface area contributed by atoms with Gasteiger partial charge in [0, 0.05) is 30.1 Å². The van der Waals surface area contributed by atoms with Crippen LogP contribution in [0.2, 0.25) is 0 Å². The van der Waals surface area contributed by atoms with Crippen molar-refractivity contribution < 1.29 is 29.0 Å². The van der Waals surface area contributed by atoms with Crippen LogP contribution < -0.4 is 9.64 Å². The van der Waals surface area contributed by atoms with Crippen LogP contribution in [0.5, 0.6) is 5.75 Å². The van der Waals surface area contributed by atoms with E-state index in [1.807, 2.05) is 43.4 Å². The number of ether oxygens (including phenoxy) is 2. The van der Waals surface area contributed by atoms with Crippen LogP contribution in [0.1, 0.15) is 13.3 Å². The molecule has 34 heavy (non-hydrogen) atoms. The number of rotatable bonds is 5. The fourth-order valence-electron chi connectivity index (χ4n) is 5.83. The molecule has 4 aliphatic heterocycles. The van der Waals surface area contributed by atoms with Crippen LogP contribution in [0.25, 0.3) is 0 Å². The molecule has 1 aromatic rings. The number of aliphatic hydroxyl groups is 1. The molecule has 0 aromatic heterocycles. The lowest BCUT2D eigenvalue weighted by Gasteiger charge is -2.36. The number of fused-ring (bicyclic) bond motifs is 2. The van der Waals surface area contributed by atoms with E-state index in [0.717, 1.165) is 0 Å². The molecule has 0 aliphatic carbocycles. The van der Waals surface area contributed by atoms with Crippen molar-refractivity contribution >= 4 is 35.2 Å². The Morgan fingerprint density at radius 1 is 1.12 bits per heavy atom. The van der Waals surface area contributed by atoms with E-state index in [2.05, 4.69) is 0 Å². The zero-order valence-corrected chi connectivity index (χ0v) is 20.0. The maximum Gasteiger partial charge on any atom is 0.311 e. The van der Waals surface area contributed by atoms with E-state index in [4.69, 9.17) is 9.47 Å². The molecule has 180 valence electrons. The lowest BCUT2D eigenvalue weighted by atomic mass is 9.75. The van der Waals surface area contributed by atoms with E-state index >= 15 is 0 Å². The van der Waals surface area contributed by atoms with Gasteiger partial charge in [-0.2, -0.15) is 0 Å². The molecule has 4 heterocycles. The van der Waals surface area contributed by atoms with Gasteiger partial charge in [0.25, 0.3) is 5.91 Å². The Balaban J connectivity index is 1.61. The van der Waals surface area contributed by atoms with E-state index in [1.165, 1.54) is 11.8 Å². The third kappa shape index (κ3) is 3.28. The Labute approximate surface area is 202 Å². The number of anilines is 1. The van der Waals surface area contributed by atoms with Gasteiger partial charge in [-0.15, -0.1) is 11.8 Å². The summed E-state index contributed by atoms with van der Waals surface area (Å²) in [4.78, 5) is 44.3.